The quantitative estimate of drug-likeness (QED) is 0.694. The van der Waals surface area contributed by atoms with E-state index in [4.69, 9.17) is 0 Å². The molecule has 32 heavy (non-hydrogen) atoms. The molecule has 2 bridgehead atoms. The van der Waals surface area contributed by atoms with Crippen molar-refractivity contribution in [1.82, 2.24) is 14.4 Å². The number of benzene rings is 1. The fourth-order valence-electron chi connectivity index (χ4n) is 5.54. The van der Waals surface area contributed by atoms with E-state index < -0.39 is 17.9 Å². The SMILES string of the molecule is CC(C)C[C@H](C(=O)N1C[C@H]2C[C@@H](C1)c1cccc(=O)n1C2)N1C(=O)c2ccccc2C1=O. The second-order valence-corrected chi connectivity index (χ2v) is 9.61. The van der Waals surface area contributed by atoms with Crippen LogP contribution in [0.5, 0.6) is 0 Å². The Morgan fingerprint density at radius 3 is 2.28 bits per heavy atom. The van der Waals surface area contributed by atoms with E-state index in [0.29, 0.717) is 37.2 Å². The summed E-state index contributed by atoms with van der Waals surface area (Å²) >= 11 is 0. The highest BCUT2D eigenvalue weighted by Gasteiger charge is 2.45. The number of carbonyl (C=O) groups is 3. The summed E-state index contributed by atoms with van der Waals surface area (Å²) in [6.07, 6.45) is 1.36. The molecule has 7 nitrogen and oxygen atoms in total. The van der Waals surface area contributed by atoms with E-state index in [1.165, 1.54) is 4.90 Å². The maximum atomic E-state index is 13.8. The predicted octanol–water partition coefficient (Wildman–Crippen LogP) is 2.50. The van der Waals surface area contributed by atoms with Crippen molar-refractivity contribution >= 4 is 17.7 Å². The molecule has 0 aliphatic carbocycles. The molecule has 7 heteroatoms. The highest BCUT2D eigenvalue weighted by molar-refractivity contribution is 6.22. The second kappa shape index (κ2) is 7.73. The average Bonchev–Trinajstić information content (AvgIpc) is 3.02. The third-order valence-electron chi connectivity index (χ3n) is 6.91. The van der Waals surface area contributed by atoms with Crippen LogP contribution in [0.2, 0.25) is 0 Å². The zero-order valence-corrected chi connectivity index (χ0v) is 18.4. The lowest BCUT2D eigenvalue weighted by atomic mass is 9.82. The summed E-state index contributed by atoms with van der Waals surface area (Å²) in [4.78, 5) is 55.3. The molecule has 1 aromatic heterocycles. The summed E-state index contributed by atoms with van der Waals surface area (Å²) in [5.74, 6) is -0.543. The van der Waals surface area contributed by atoms with Gasteiger partial charge < -0.3 is 9.47 Å². The van der Waals surface area contributed by atoms with Gasteiger partial charge in [-0.2, -0.15) is 0 Å². The number of likely N-dealkylation sites (tertiary alicyclic amines) is 1. The lowest BCUT2D eigenvalue weighted by molar-refractivity contribution is -0.138. The lowest BCUT2D eigenvalue weighted by Gasteiger charge is -2.44. The van der Waals surface area contributed by atoms with E-state index in [-0.39, 0.29) is 29.2 Å². The Labute approximate surface area is 186 Å². The Kier molecular flexibility index (Phi) is 4.99. The summed E-state index contributed by atoms with van der Waals surface area (Å²) < 4.78 is 1.83. The molecule has 0 radical (unpaired) electrons. The number of aromatic nitrogens is 1. The Bertz CT molecular complexity index is 1130. The molecule has 166 valence electrons. The van der Waals surface area contributed by atoms with E-state index >= 15 is 0 Å². The summed E-state index contributed by atoms with van der Waals surface area (Å²) in [6.45, 7) is 5.61. The van der Waals surface area contributed by atoms with Gasteiger partial charge in [-0.25, -0.2) is 0 Å². The van der Waals surface area contributed by atoms with Crippen LogP contribution in [0.4, 0.5) is 0 Å². The molecule has 0 N–H and O–H groups in total. The highest BCUT2D eigenvalue weighted by Crippen LogP contribution is 2.36. The first-order valence-electron chi connectivity index (χ1n) is 11.3. The van der Waals surface area contributed by atoms with Crippen LogP contribution in [0.3, 0.4) is 0 Å². The van der Waals surface area contributed by atoms with Gasteiger partial charge in [0.25, 0.3) is 17.4 Å². The summed E-state index contributed by atoms with van der Waals surface area (Å²) in [5.41, 5.74) is 1.69. The van der Waals surface area contributed by atoms with Gasteiger partial charge in [-0.05, 0) is 42.9 Å². The van der Waals surface area contributed by atoms with E-state index in [9.17, 15) is 19.2 Å². The van der Waals surface area contributed by atoms with Crippen LogP contribution in [-0.2, 0) is 11.3 Å². The maximum Gasteiger partial charge on any atom is 0.262 e. The molecule has 4 heterocycles. The largest absolute Gasteiger partial charge is 0.340 e. The highest BCUT2D eigenvalue weighted by atomic mass is 16.2. The first kappa shape index (κ1) is 20.7. The minimum absolute atomic E-state index is 0.000635. The van der Waals surface area contributed by atoms with Gasteiger partial charge in [-0.3, -0.25) is 24.1 Å². The van der Waals surface area contributed by atoms with Crippen molar-refractivity contribution in [3.8, 4) is 0 Å². The Hall–Kier alpha value is -3.22. The Morgan fingerprint density at radius 1 is 0.938 bits per heavy atom. The van der Waals surface area contributed by atoms with Crippen LogP contribution in [0.25, 0.3) is 0 Å². The number of imide groups is 1. The monoisotopic (exact) mass is 433 g/mol. The third kappa shape index (κ3) is 3.27. The number of fused-ring (bicyclic) bond motifs is 5. The fourth-order valence-corrected chi connectivity index (χ4v) is 5.54. The minimum atomic E-state index is -0.820. The minimum Gasteiger partial charge on any atom is -0.340 e. The molecule has 0 saturated carbocycles. The van der Waals surface area contributed by atoms with E-state index in [1.54, 1.807) is 36.4 Å². The smallest absolute Gasteiger partial charge is 0.262 e. The van der Waals surface area contributed by atoms with Crippen LogP contribution in [0, 0.1) is 11.8 Å². The molecule has 0 spiro atoms. The molecule has 1 fully saturated rings. The van der Waals surface area contributed by atoms with Crippen LogP contribution in [0.15, 0.2) is 47.3 Å². The van der Waals surface area contributed by atoms with Gasteiger partial charge in [0.15, 0.2) is 0 Å². The molecule has 1 aromatic carbocycles. The van der Waals surface area contributed by atoms with Gasteiger partial charge in [-0.15, -0.1) is 0 Å². The number of hydrogen-bond donors (Lipinski definition) is 0. The molecule has 1 saturated heterocycles. The molecule has 2 aromatic rings. The number of pyridine rings is 1. The van der Waals surface area contributed by atoms with Crippen LogP contribution >= 0.6 is 0 Å². The summed E-state index contributed by atoms with van der Waals surface area (Å²) in [5, 5.41) is 0. The van der Waals surface area contributed by atoms with Crippen molar-refractivity contribution in [2.45, 2.75) is 45.2 Å². The van der Waals surface area contributed by atoms with Gasteiger partial charge in [0, 0.05) is 37.3 Å². The van der Waals surface area contributed by atoms with Crippen molar-refractivity contribution < 1.29 is 14.4 Å². The zero-order chi connectivity index (χ0) is 22.6. The normalized spacial score (nSPS) is 22.7. The van der Waals surface area contributed by atoms with Gasteiger partial charge in [0.05, 0.1) is 11.1 Å². The number of nitrogens with zero attached hydrogens (tertiary/aromatic N) is 3. The van der Waals surface area contributed by atoms with E-state index in [2.05, 4.69) is 0 Å². The predicted molar refractivity (Wildman–Crippen MR) is 118 cm³/mol. The van der Waals surface area contributed by atoms with Gasteiger partial charge in [0.1, 0.15) is 6.04 Å². The zero-order valence-electron chi connectivity index (χ0n) is 18.4. The van der Waals surface area contributed by atoms with Crippen molar-refractivity contribution in [3.63, 3.8) is 0 Å². The summed E-state index contributed by atoms with van der Waals surface area (Å²) in [6, 6.07) is 11.3. The lowest BCUT2D eigenvalue weighted by Crippen LogP contribution is -2.56. The van der Waals surface area contributed by atoms with Crippen molar-refractivity contribution in [2.75, 3.05) is 13.1 Å². The molecular formula is C25H27N3O4. The summed E-state index contributed by atoms with van der Waals surface area (Å²) in [7, 11) is 0. The molecule has 3 amide bonds. The number of rotatable bonds is 4. The van der Waals surface area contributed by atoms with Gasteiger partial charge in [-0.1, -0.05) is 32.0 Å². The molecule has 3 atom stereocenters. The molecule has 0 unspecified atom stereocenters. The Morgan fingerprint density at radius 2 is 1.62 bits per heavy atom. The van der Waals surface area contributed by atoms with Crippen molar-refractivity contribution in [3.05, 3.63) is 69.6 Å². The average molecular weight is 434 g/mol. The van der Waals surface area contributed by atoms with E-state index in [1.807, 2.05) is 29.4 Å². The van der Waals surface area contributed by atoms with Gasteiger partial charge in [0.2, 0.25) is 5.91 Å². The number of piperidine rings is 1. The topological polar surface area (TPSA) is 79.7 Å². The fraction of sp³-hybridized carbons (Fsp3) is 0.440. The second-order valence-electron chi connectivity index (χ2n) is 9.61. The first-order valence-corrected chi connectivity index (χ1v) is 11.3. The molecule has 3 aliphatic heterocycles. The maximum absolute atomic E-state index is 13.8. The van der Waals surface area contributed by atoms with Crippen LogP contribution < -0.4 is 5.56 Å². The van der Waals surface area contributed by atoms with Gasteiger partial charge >= 0.3 is 0 Å². The number of hydrogen-bond acceptors (Lipinski definition) is 4. The Balaban J connectivity index is 1.45. The number of carbonyl (C=O) groups excluding carboxylic acids is 3. The van der Waals surface area contributed by atoms with Crippen molar-refractivity contribution in [2.24, 2.45) is 11.8 Å². The number of amides is 3. The first-order chi connectivity index (χ1) is 15.3. The standard InChI is InChI=1S/C25H27N3O4/c1-15(2)10-21(28-23(30)18-6-3-4-7-19(18)24(28)31)25(32)26-12-16-11-17(14-26)20-8-5-9-22(29)27(20)13-16/h3-9,15-17,21H,10-14H2,1-2H3/t16-,17+,21-/m1/s1. The van der Waals surface area contributed by atoms with E-state index in [0.717, 1.165) is 12.1 Å². The van der Waals surface area contributed by atoms with Crippen molar-refractivity contribution in [1.29, 1.82) is 0 Å². The third-order valence-corrected chi connectivity index (χ3v) is 6.91. The molecule has 3 aliphatic rings. The van der Waals surface area contributed by atoms with Crippen LogP contribution in [-0.4, -0.2) is 51.2 Å². The molecule has 5 rings (SSSR count). The molecular weight excluding hydrogens is 406 g/mol. The van der Waals surface area contributed by atoms with Crippen LogP contribution in [0.1, 0.15) is 59.0 Å².